The number of rotatable bonds is 6. The van der Waals surface area contributed by atoms with Crippen molar-refractivity contribution in [1.29, 1.82) is 0 Å². The van der Waals surface area contributed by atoms with Gasteiger partial charge in [-0.05, 0) is 37.6 Å². The lowest BCUT2D eigenvalue weighted by molar-refractivity contribution is 0.276. The molecule has 0 amide bonds. The molecule has 1 fully saturated rings. The Hall–Kier alpha value is -0.410. The minimum Gasteiger partial charge on any atom is -0.316 e. The molecule has 0 atom stereocenters. The number of hydrogen-bond acceptors (Lipinski definition) is 3. The van der Waals surface area contributed by atoms with Crippen LogP contribution in [0.1, 0.15) is 44.7 Å². The zero-order valence-corrected chi connectivity index (χ0v) is 11.0. The third-order valence-corrected chi connectivity index (χ3v) is 4.27. The number of nitrogens with one attached hydrogen (secondary N) is 1. The van der Waals surface area contributed by atoms with Gasteiger partial charge in [-0.25, -0.2) is 4.98 Å². The van der Waals surface area contributed by atoms with Gasteiger partial charge in [0.15, 0.2) is 0 Å². The van der Waals surface area contributed by atoms with Crippen molar-refractivity contribution in [2.75, 3.05) is 13.1 Å². The molecule has 0 unspecified atom stereocenters. The first-order valence-electron chi connectivity index (χ1n) is 6.42. The quantitative estimate of drug-likeness (QED) is 0.770. The van der Waals surface area contributed by atoms with Crippen molar-refractivity contribution in [3.05, 3.63) is 16.6 Å². The van der Waals surface area contributed by atoms with Crippen molar-refractivity contribution in [3.8, 4) is 0 Å². The molecular formula is C13H22N2S. The van der Waals surface area contributed by atoms with E-state index in [4.69, 9.17) is 0 Å². The maximum absolute atomic E-state index is 4.44. The summed E-state index contributed by atoms with van der Waals surface area (Å²) in [5.74, 6) is 0. The van der Waals surface area contributed by atoms with Crippen LogP contribution < -0.4 is 5.32 Å². The second kappa shape index (κ2) is 5.78. The van der Waals surface area contributed by atoms with Crippen molar-refractivity contribution < 1.29 is 0 Å². The van der Waals surface area contributed by atoms with Gasteiger partial charge in [0.1, 0.15) is 0 Å². The zero-order chi connectivity index (χ0) is 11.3. The Morgan fingerprint density at radius 3 is 2.88 bits per heavy atom. The van der Waals surface area contributed by atoms with Gasteiger partial charge in [0.2, 0.25) is 0 Å². The number of hydrogen-bond donors (Lipinski definition) is 1. The molecular weight excluding hydrogens is 216 g/mol. The molecule has 2 nitrogen and oxygen atoms in total. The predicted molar refractivity (Wildman–Crippen MR) is 69.9 cm³/mol. The summed E-state index contributed by atoms with van der Waals surface area (Å²) in [7, 11) is 0. The first-order valence-corrected chi connectivity index (χ1v) is 7.37. The molecule has 0 bridgehead atoms. The molecule has 0 spiro atoms. The minimum atomic E-state index is 0.503. The van der Waals surface area contributed by atoms with Gasteiger partial charge < -0.3 is 5.32 Å². The first-order chi connectivity index (χ1) is 7.85. The van der Waals surface area contributed by atoms with Gasteiger partial charge in [0.05, 0.1) is 11.2 Å². The molecule has 3 heteroatoms. The topological polar surface area (TPSA) is 24.9 Å². The van der Waals surface area contributed by atoms with Crippen molar-refractivity contribution in [1.82, 2.24) is 10.3 Å². The van der Waals surface area contributed by atoms with Crippen LogP contribution in [0.2, 0.25) is 0 Å². The lowest BCUT2D eigenvalue weighted by Gasteiger charge is -2.28. The predicted octanol–water partition coefficient (Wildman–Crippen LogP) is 3.25. The lowest BCUT2D eigenvalue weighted by atomic mass is 9.81. The SMILES string of the molecule is CCCNCC1(Cc2cscn2)CCCC1. The van der Waals surface area contributed by atoms with E-state index in [1.165, 1.54) is 50.8 Å². The van der Waals surface area contributed by atoms with Gasteiger partial charge >= 0.3 is 0 Å². The smallest absolute Gasteiger partial charge is 0.0794 e. The molecule has 1 aliphatic carbocycles. The van der Waals surface area contributed by atoms with Gasteiger partial charge in [-0.2, -0.15) is 0 Å². The summed E-state index contributed by atoms with van der Waals surface area (Å²) >= 11 is 1.72. The standard InChI is InChI=1S/C13H22N2S/c1-2-7-14-10-13(5-3-4-6-13)8-12-9-16-11-15-12/h9,11,14H,2-8,10H2,1H3. The molecule has 0 aliphatic heterocycles. The van der Waals surface area contributed by atoms with E-state index in [0.29, 0.717) is 5.41 Å². The Labute approximate surface area is 102 Å². The molecule has 2 rings (SSSR count). The summed E-state index contributed by atoms with van der Waals surface area (Å²) in [5, 5.41) is 5.81. The van der Waals surface area contributed by atoms with Crippen LogP contribution in [0.5, 0.6) is 0 Å². The van der Waals surface area contributed by atoms with Crippen LogP contribution in [-0.4, -0.2) is 18.1 Å². The molecule has 1 aliphatic rings. The Kier molecular flexibility index (Phi) is 4.36. The first kappa shape index (κ1) is 12.1. The lowest BCUT2D eigenvalue weighted by Crippen LogP contribution is -2.34. The van der Waals surface area contributed by atoms with Crippen LogP contribution in [0.25, 0.3) is 0 Å². The molecule has 1 saturated carbocycles. The molecule has 1 aromatic heterocycles. The van der Waals surface area contributed by atoms with Crippen molar-refractivity contribution in [2.45, 2.75) is 45.4 Å². The maximum atomic E-state index is 4.44. The number of thiazole rings is 1. The van der Waals surface area contributed by atoms with E-state index >= 15 is 0 Å². The summed E-state index contributed by atoms with van der Waals surface area (Å²) < 4.78 is 0. The van der Waals surface area contributed by atoms with E-state index in [2.05, 4.69) is 22.6 Å². The fraction of sp³-hybridized carbons (Fsp3) is 0.769. The van der Waals surface area contributed by atoms with E-state index in [-0.39, 0.29) is 0 Å². The highest BCUT2D eigenvalue weighted by Crippen LogP contribution is 2.40. The summed E-state index contributed by atoms with van der Waals surface area (Å²) in [4.78, 5) is 4.44. The van der Waals surface area contributed by atoms with Gasteiger partial charge in [-0.15, -0.1) is 11.3 Å². The third-order valence-electron chi connectivity index (χ3n) is 3.63. The average Bonchev–Trinajstić information content (AvgIpc) is 2.91. The zero-order valence-electron chi connectivity index (χ0n) is 10.2. The molecule has 16 heavy (non-hydrogen) atoms. The van der Waals surface area contributed by atoms with Crippen molar-refractivity contribution in [3.63, 3.8) is 0 Å². The van der Waals surface area contributed by atoms with Crippen LogP contribution in [0, 0.1) is 5.41 Å². The highest BCUT2D eigenvalue weighted by Gasteiger charge is 2.33. The van der Waals surface area contributed by atoms with E-state index < -0.39 is 0 Å². The maximum Gasteiger partial charge on any atom is 0.0794 e. The third kappa shape index (κ3) is 3.05. The van der Waals surface area contributed by atoms with Gasteiger partial charge in [0, 0.05) is 11.9 Å². The second-order valence-corrected chi connectivity index (χ2v) is 5.76. The minimum absolute atomic E-state index is 0.503. The fourth-order valence-electron chi connectivity index (χ4n) is 2.78. The average molecular weight is 238 g/mol. The Morgan fingerprint density at radius 1 is 1.44 bits per heavy atom. The van der Waals surface area contributed by atoms with Crippen LogP contribution in [0.3, 0.4) is 0 Å². The van der Waals surface area contributed by atoms with Crippen molar-refractivity contribution >= 4 is 11.3 Å². The van der Waals surface area contributed by atoms with E-state index in [1.807, 2.05) is 5.51 Å². The van der Waals surface area contributed by atoms with Gasteiger partial charge in [0.25, 0.3) is 0 Å². The normalized spacial score (nSPS) is 19.1. The fourth-order valence-corrected chi connectivity index (χ4v) is 3.34. The molecule has 1 aromatic rings. The number of aromatic nitrogens is 1. The highest BCUT2D eigenvalue weighted by molar-refractivity contribution is 7.07. The summed E-state index contributed by atoms with van der Waals surface area (Å²) in [6.45, 7) is 4.56. The molecule has 0 radical (unpaired) electrons. The molecule has 0 aromatic carbocycles. The summed E-state index contributed by atoms with van der Waals surface area (Å²) in [6.07, 6.45) is 7.96. The van der Waals surface area contributed by atoms with Crippen molar-refractivity contribution in [2.24, 2.45) is 5.41 Å². The van der Waals surface area contributed by atoms with E-state index in [9.17, 15) is 0 Å². The second-order valence-electron chi connectivity index (χ2n) is 5.04. The molecule has 90 valence electrons. The van der Waals surface area contributed by atoms with Crippen LogP contribution in [0.15, 0.2) is 10.9 Å². The Bertz CT molecular complexity index is 289. The Balaban J connectivity index is 1.92. The summed E-state index contributed by atoms with van der Waals surface area (Å²) in [6, 6.07) is 0. The van der Waals surface area contributed by atoms with E-state index in [0.717, 1.165) is 6.54 Å². The number of nitrogens with zero attached hydrogens (tertiary/aromatic N) is 1. The molecule has 0 saturated heterocycles. The van der Waals surface area contributed by atoms with Crippen LogP contribution >= 0.6 is 11.3 Å². The largest absolute Gasteiger partial charge is 0.316 e. The van der Waals surface area contributed by atoms with Gasteiger partial charge in [-0.1, -0.05) is 19.8 Å². The summed E-state index contributed by atoms with van der Waals surface area (Å²) in [5.41, 5.74) is 3.76. The Morgan fingerprint density at radius 2 is 2.25 bits per heavy atom. The monoisotopic (exact) mass is 238 g/mol. The molecule has 1 N–H and O–H groups in total. The highest BCUT2D eigenvalue weighted by atomic mass is 32.1. The van der Waals surface area contributed by atoms with E-state index in [1.54, 1.807) is 11.3 Å². The molecule has 1 heterocycles. The van der Waals surface area contributed by atoms with Crippen LogP contribution in [0.4, 0.5) is 0 Å². The van der Waals surface area contributed by atoms with Crippen LogP contribution in [-0.2, 0) is 6.42 Å². The van der Waals surface area contributed by atoms with Gasteiger partial charge in [-0.3, -0.25) is 0 Å².